The molecular weight excluding hydrogens is 374 g/mol. The van der Waals surface area contributed by atoms with Crippen LogP contribution in [0, 0.1) is 13.8 Å². The number of rotatable bonds is 7. The van der Waals surface area contributed by atoms with Crippen LogP contribution in [-0.2, 0) is 22.6 Å². The SMILES string of the molecule is COc1ccc(-c2nc(CC(=O)OCc3cc(C)cc(C)c3)cs2)cc1OC. The van der Waals surface area contributed by atoms with Gasteiger partial charge in [-0.15, -0.1) is 11.3 Å². The van der Waals surface area contributed by atoms with Gasteiger partial charge in [-0.25, -0.2) is 4.98 Å². The first-order chi connectivity index (χ1) is 13.5. The van der Waals surface area contributed by atoms with Crippen molar-refractivity contribution < 1.29 is 19.0 Å². The van der Waals surface area contributed by atoms with Gasteiger partial charge in [0.15, 0.2) is 11.5 Å². The van der Waals surface area contributed by atoms with Crippen molar-refractivity contribution in [2.75, 3.05) is 14.2 Å². The first kappa shape index (κ1) is 19.9. The second kappa shape index (κ2) is 8.89. The quantitative estimate of drug-likeness (QED) is 0.540. The van der Waals surface area contributed by atoms with E-state index in [1.54, 1.807) is 14.2 Å². The van der Waals surface area contributed by atoms with Gasteiger partial charge in [0.1, 0.15) is 11.6 Å². The van der Waals surface area contributed by atoms with E-state index in [-0.39, 0.29) is 19.0 Å². The molecule has 6 heteroatoms. The van der Waals surface area contributed by atoms with E-state index < -0.39 is 0 Å². The van der Waals surface area contributed by atoms with Crippen LogP contribution in [0.1, 0.15) is 22.4 Å². The third-order valence-corrected chi connectivity index (χ3v) is 5.13. The van der Waals surface area contributed by atoms with Crippen molar-refractivity contribution in [2.45, 2.75) is 26.9 Å². The molecule has 1 heterocycles. The summed E-state index contributed by atoms with van der Waals surface area (Å²) in [5.74, 6) is 1.02. The van der Waals surface area contributed by atoms with E-state index in [0.29, 0.717) is 17.2 Å². The van der Waals surface area contributed by atoms with Crippen LogP contribution in [0.25, 0.3) is 10.6 Å². The average molecular weight is 397 g/mol. The Bertz CT molecular complexity index is 960. The summed E-state index contributed by atoms with van der Waals surface area (Å²) in [5.41, 5.74) is 4.92. The number of hydrogen-bond acceptors (Lipinski definition) is 6. The molecule has 0 amide bonds. The van der Waals surface area contributed by atoms with Gasteiger partial charge in [0.25, 0.3) is 0 Å². The van der Waals surface area contributed by atoms with Gasteiger partial charge in [0, 0.05) is 10.9 Å². The minimum atomic E-state index is -0.289. The van der Waals surface area contributed by atoms with Gasteiger partial charge >= 0.3 is 5.97 Å². The van der Waals surface area contributed by atoms with Crippen molar-refractivity contribution in [3.05, 3.63) is 64.2 Å². The van der Waals surface area contributed by atoms with Crippen molar-refractivity contribution in [1.82, 2.24) is 4.98 Å². The molecule has 1 aromatic heterocycles. The van der Waals surface area contributed by atoms with Gasteiger partial charge in [-0.05, 0) is 37.6 Å². The Balaban J connectivity index is 1.63. The topological polar surface area (TPSA) is 57.7 Å². The van der Waals surface area contributed by atoms with Gasteiger partial charge in [-0.1, -0.05) is 29.3 Å². The monoisotopic (exact) mass is 397 g/mol. The molecule has 0 saturated heterocycles. The van der Waals surface area contributed by atoms with Crippen LogP contribution < -0.4 is 9.47 Å². The molecule has 28 heavy (non-hydrogen) atoms. The summed E-state index contributed by atoms with van der Waals surface area (Å²) in [4.78, 5) is 16.7. The predicted octanol–water partition coefficient (Wildman–Crippen LogP) is 4.73. The number of benzene rings is 2. The van der Waals surface area contributed by atoms with Gasteiger partial charge in [-0.2, -0.15) is 0 Å². The Morgan fingerprint density at radius 3 is 2.39 bits per heavy atom. The lowest BCUT2D eigenvalue weighted by molar-refractivity contribution is -0.144. The van der Waals surface area contributed by atoms with Crippen LogP contribution >= 0.6 is 11.3 Å². The molecule has 5 nitrogen and oxygen atoms in total. The highest BCUT2D eigenvalue weighted by Crippen LogP contribution is 2.33. The smallest absolute Gasteiger partial charge is 0.312 e. The average Bonchev–Trinajstić information content (AvgIpc) is 3.13. The van der Waals surface area contributed by atoms with Crippen LogP contribution in [0.5, 0.6) is 11.5 Å². The number of thiazole rings is 1. The highest BCUT2D eigenvalue weighted by Gasteiger charge is 2.12. The Hall–Kier alpha value is -2.86. The summed E-state index contributed by atoms with van der Waals surface area (Å²) in [6, 6.07) is 11.8. The van der Waals surface area contributed by atoms with Crippen LogP contribution in [-0.4, -0.2) is 25.2 Å². The number of aryl methyl sites for hydroxylation is 2. The summed E-state index contributed by atoms with van der Waals surface area (Å²) in [6.45, 7) is 4.33. The minimum Gasteiger partial charge on any atom is -0.493 e. The zero-order chi connectivity index (χ0) is 20.1. The second-order valence-electron chi connectivity index (χ2n) is 6.55. The molecule has 146 valence electrons. The minimum absolute atomic E-state index is 0.147. The molecule has 0 aliphatic rings. The maximum absolute atomic E-state index is 12.2. The van der Waals surface area contributed by atoms with E-state index in [9.17, 15) is 4.79 Å². The largest absolute Gasteiger partial charge is 0.493 e. The maximum atomic E-state index is 12.2. The Morgan fingerprint density at radius 1 is 1.00 bits per heavy atom. The van der Waals surface area contributed by atoms with Crippen LogP contribution in [0.4, 0.5) is 0 Å². The molecule has 0 spiro atoms. The van der Waals surface area contributed by atoms with Gasteiger partial charge in [-0.3, -0.25) is 4.79 Å². The number of hydrogen-bond donors (Lipinski definition) is 0. The molecule has 0 bridgehead atoms. The van der Waals surface area contributed by atoms with E-state index in [0.717, 1.165) is 27.3 Å². The fourth-order valence-corrected chi connectivity index (χ4v) is 3.82. The molecule has 0 saturated carbocycles. The Labute approximate surface area is 168 Å². The number of aromatic nitrogens is 1. The lowest BCUT2D eigenvalue weighted by atomic mass is 10.1. The zero-order valence-corrected chi connectivity index (χ0v) is 17.3. The molecule has 0 unspecified atom stereocenters. The number of carbonyl (C=O) groups excluding carboxylic acids is 1. The summed E-state index contributed by atoms with van der Waals surface area (Å²) in [6.07, 6.45) is 0.147. The van der Waals surface area contributed by atoms with Crippen LogP contribution in [0.2, 0.25) is 0 Å². The number of carbonyl (C=O) groups is 1. The van der Waals surface area contributed by atoms with Crippen molar-refractivity contribution in [3.63, 3.8) is 0 Å². The fraction of sp³-hybridized carbons (Fsp3) is 0.273. The van der Waals surface area contributed by atoms with Crippen molar-refractivity contribution in [2.24, 2.45) is 0 Å². The number of nitrogens with zero attached hydrogens (tertiary/aromatic N) is 1. The third-order valence-electron chi connectivity index (χ3n) is 4.19. The lowest BCUT2D eigenvalue weighted by Gasteiger charge is -2.08. The normalized spacial score (nSPS) is 10.6. The summed E-state index contributed by atoms with van der Waals surface area (Å²) in [5, 5.41) is 2.70. The number of methoxy groups -OCH3 is 2. The maximum Gasteiger partial charge on any atom is 0.312 e. The van der Waals surface area contributed by atoms with E-state index in [4.69, 9.17) is 14.2 Å². The molecule has 0 fully saturated rings. The molecule has 2 aromatic carbocycles. The Kier molecular flexibility index (Phi) is 6.31. The molecule has 0 aliphatic heterocycles. The molecule has 3 aromatic rings. The first-order valence-corrected chi connectivity index (χ1v) is 9.76. The lowest BCUT2D eigenvalue weighted by Crippen LogP contribution is -2.08. The van der Waals surface area contributed by atoms with Crippen LogP contribution in [0.3, 0.4) is 0 Å². The molecule has 0 aliphatic carbocycles. The zero-order valence-electron chi connectivity index (χ0n) is 16.4. The van der Waals surface area contributed by atoms with E-state index in [2.05, 4.69) is 11.1 Å². The summed E-state index contributed by atoms with van der Waals surface area (Å²) >= 11 is 1.48. The van der Waals surface area contributed by atoms with Gasteiger partial charge in [0.05, 0.1) is 26.3 Å². The van der Waals surface area contributed by atoms with Crippen molar-refractivity contribution in [1.29, 1.82) is 0 Å². The molecule has 3 rings (SSSR count). The van der Waals surface area contributed by atoms with Crippen molar-refractivity contribution in [3.8, 4) is 22.1 Å². The standard InChI is InChI=1S/C22H23NO4S/c1-14-7-15(2)9-16(8-14)12-27-21(24)11-18-13-28-22(23-18)17-5-6-19(25-3)20(10-17)26-4/h5-10,13H,11-12H2,1-4H3. The molecule has 0 N–H and O–H groups in total. The number of ether oxygens (including phenoxy) is 3. The predicted molar refractivity (Wildman–Crippen MR) is 110 cm³/mol. The van der Waals surface area contributed by atoms with Crippen LogP contribution in [0.15, 0.2) is 41.8 Å². The number of esters is 1. The Morgan fingerprint density at radius 2 is 1.71 bits per heavy atom. The summed E-state index contributed by atoms with van der Waals surface area (Å²) < 4.78 is 16.0. The second-order valence-corrected chi connectivity index (χ2v) is 7.41. The van der Waals surface area contributed by atoms with Gasteiger partial charge in [0.2, 0.25) is 0 Å². The highest BCUT2D eigenvalue weighted by molar-refractivity contribution is 7.13. The molecule has 0 atom stereocenters. The van der Waals surface area contributed by atoms with Crippen molar-refractivity contribution >= 4 is 17.3 Å². The first-order valence-electron chi connectivity index (χ1n) is 8.88. The van der Waals surface area contributed by atoms with E-state index >= 15 is 0 Å². The highest BCUT2D eigenvalue weighted by atomic mass is 32.1. The van der Waals surface area contributed by atoms with Gasteiger partial charge < -0.3 is 14.2 Å². The fourth-order valence-electron chi connectivity index (χ4n) is 3.01. The third kappa shape index (κ3) is 4.89. The molecule has 0 radical (unpaired) electrons. The molecular formula is C22H23NO4S. The summed E-state index contributed by atoms with van der Waals surface area (Å²) in [7, 11) is 3.20. The van der Waals surface area contributed by atoms with E-state index in [1.807, 2.05) is 49.6 Å². The van der Waals surface area contributed by atoms with E-state index in [1.165, 1.54) is 11.3 Å².